The topological polar surface area (TPSA) is 76.9 Å². The molecule has 1 aliphatic rings. The van der Waals surface area contributed by atoms with Crippen LogP contribution in [-0.2, 0) is 9.53 Å². The number of rotatable bonds is 6. The van der Waals surface area contributed by atoms with Gasteiger partial charge in [-0.15, -0.1) is 0 Å². The number of methoxy groups -OCH3 is 2. The average Bonchev–Trinajstić information content (AvgIpc) is 3.30. The third-order valence-corrected chi connectivity index (χ3v) is 6.06. The largest absolute Gasteiger partial charge is 0.493 e. The standard InChI is InChI=1S/C24H25ClN4O4/c1-32-20-16-29(17-8-4-3-5-9-17)26-21(20)23(30)28-14-12-27(13-15-28)22(24(31)33-2)18-10-6-7-11-19(18)25/h3-11,16,22H,12-15H2,1-2H3/t22-/m1/s1. The predicted octanol–water partition coefficient (Wildman–Crippen LogP) is 3.21. The van der Waals surface area contributed by atoms with Crippen molar-refractivity contribution in [2.24, 2.45) is 0 Å². The van der Waals surface area contributed by atoms with Crippen LogP contribution in [0.15, 0.2) is 60.8 Å². The SMILES string of the molecule is COC(=O)[C@@H](c1ccccc1Cl)N1CCN(C(=O)c2nn(-c3ccccc3)cc2OC)CC1. The maximum atomic E-state index is 13.3. The van der Waals surface area contributed by atoms with E-state index < -0.39 is 6.04 Å². The number of amides is 1. The van der Waals surface area contributed by atoms with E-state index in [-0.39, 0.29) is 17.6 Å². The van der Waals surface area contributed by atoms with E-state index in [1.165, 1.54) is 14.2 Å². The van der Waals surface area contributed by atoms with E-state index in [0.717, 1.165) is 5.69 Å². The molecule has 3 aromatic rings. The molecule has 1 atom stereocenters. The monoisotopic (exact) mass is 468 g/mol. The molecule has 0 spiro atoms. The van der Waals surface area contributed by atoms with Gasteiger partial charge in [-0.05, 0) is 23.8 Å². The summed E-state index contributed by atoms with van der Waals surface area (Å²) >= 11 is 6.36. The van der Waals surface area contributed by atoms with E-state index in [4.69, 9.17) is 21.1 Å². The van der Waals surface area contributed by atoms with Gasteiger partial charge in [0.1, 0.15) is 6.04 Å². The first-order valence-corrected chi connectivity index (χ1v) is 11.0. The molecule has 2 heterocycles. The van der Waals surface area contributed by atoms with Gasteiger partial charge in [-0.3, -0.25) is 9.69 Å². The minimum atomic E-state index is -0.632. The Morgan fingerprint density at radius 2 is 1.64 bits per heavy atom. The zero-order chi connectivity index (χ0) is 23.4. The lowest BCUT2D eigenvalue weighted by Gasteiger charge is -2.38. The number of carbonyl (C=O) groups is 2. The minimum absolute atomic E-state index is 0.214. The van der Waals surface area contributed by atoms with E-state index in [0.29, 0.717) is 42.5 Å². The maximum absolute atomic E-state index is 13.3. The van der Waals surface area contributed by atoms with E-state index in [1.807, 2.05) is 53.4 Å². The minimum Gasteiger partial charge on any atom is -0.493 e. The second-order valence-electron chi connectivity index (χ2n) is 7.60. The molecule has 2 aromatic carbocycles. The smallest absolute Gasteiger partial charge is 0.327 e. The van der Waals surface area contributed by atoms with E-state index >= 15 is 0 Å². The molecule has 9 heteroatoms. The van der Waals surface area contributed by atoms with Crippen molar-refractivity contribution in [2.75, 3.05) is 40.4 Å². The Kier molecular flexibility index (Phi) is 6.96. The van der Waals surface area contributed by atoms with Crippen molar-refractivity contribution in [3.8, 4) is 11.4 Å². The lowest BCUT2D eigenvalue weighted by molar-refractivity contribution is -0.148. The predicted molar refractivity (Wildman–Crippen MR) is 124 cm³/mol. The van der Waals surface area contributed by atoms with Crippen molar-refractivity contribution < 1.29 is 19.1 Å². The number of halogens is 1. The fraction of sp³-hybridized carbons (Fsp3) is 0.292. The second kappa shape index (κ2) is 10.1. The van der Waals surface area contributed by atoms with Crippen molar-refractivity contribution in [1.82, 2.24) is 19.6 Å². The molecule has 0 N–H and O–H groups in total. The fourth-order valence-electron chi connectivity index (χ4n) is 3.98. The fourth-order valence-corrected chi connectivity index (χ4v) is 4.22. The summed E-state index contributed by atoms with van der Waals surface area (Å²) in [6, 6.07) is 16.1. The van der Waals surface area contributed by atoms with Crippen molar-refractivity contribution in [2.45, 2.75) is 6.04 Å². The van der Waals surface area contributed by atoms with Crippen LogP contribution in [0.3, 0.4) is 0 Å². The van der Waals surface area contributed by atoms with Crippen LogP contribution in [-0.4, -0.2) is 71.9 Å². The number of ether oxygens (including phenoxy) is 2. The first-order chi connectivity index (χ1) is 16.0. The summed E-state index contributed by atoms with van der Waals surface area (Å²) in [5, 5.41) is 4.98. The number of nitrogens with zero attached hydrogens (tertiary/aromatic N) is 4. The van der Waals surface area contributed by atoms with Crippen molar-refractivity contribution >= 4 is 23.5 Å². The van der Waals surface area contributed by atoms with Gasteiger partial charge in [0.15, 0.2) is 11.4 Å². The molecule has 0 bridgehead atoms. The molecule has 1 saturated heterocycles. The summed E-state index contributed by atoms with van der Waals surface area (Å²) in [6.07, 6.45) is 1.70. The first-order valence-electron chi connectivity index (χ1n) is 10.6. The number of piperazine rings is 1. The Morgan fingerprint density at radius 1 is 0.970 bits per heavy atom. The van der Waals surface area contributed by atoms with Gasteiger partial charge < -0.3 is 14.4 Å². The molecule has 1 aromatic heterocycles. The highest BCUT2D eigenvalue weighted by Crippen LogP contribution is 2.30. The quantitative estimate of drug-likeness (QED) is 0.517. The summed E-state index contributed by atoms with van der Waals surface area (Å²) < 4.78 is 12.1. The van der Waals surface area contributed by atoms with Crippen LogP contribution in [0, 0.1) is 0 Å². The molecule has 0 radical (unpaired) electrons. The highest BCUT2D eigenvalue weighted by molar-refractivity contribution is 6.31. The van der Waals surface area contributed by atoms with Crippen LogP contribution in [0.2, 0.25) is 5.02 Å². The summed E-state index contributed by atoms with van der Waals surface area (Å²) in [7, 11) is 2.88. The Labute approximate surface area is 197 Å². The van der Waals surface area contributed by atoms with E-state index in [9.17, 15) is 9.59 Å². The number of hydrogen-bond donors (Lipinski definition) is 0. The zero-order valence-electron chi connectivity index (χ0n) is 18.5. The summed E-state index contributed by atoms with van der Waals surface area (Å²) in [5.74, 6) is -0.186. The van der Waals surface area contributed by atoms with Crippen LogP contribution in [0.1, 0.15) is 22.1 Å². The Morgan fingerprint density at radius 3 is 2.27 bits per heavy atom. The highest BCUT2D eigenvalue weighted by atomic mass is 35.5. The van der Waals surface area contributed by atoms with E-state index in [1.54, 1.807) is 21.8 Å². The number of para-hydroxylation sites is 1. The Bertz CT molecular complexity index is 1130. The summed E-state index contributed by atoms with van der Waals surface area (Å²) in [5.41, 5.74) is 1.78. The molecule has 4 rings (SSSR count). The molecule has 1 aliphatic heterocycles. The molecule has 0 unspecified atom stereocenters. The van der Waals surface area contributed by atoms with Gasteiger partial charge in [-0.2, -0.15) is 5.10 Å². The normalized spacial score (nSPS) is 15.2. The molecular formula is C24H25ClN4O4. The van der Waals surface area contributed by atoms with Crippen LogP contribution < -0.4 is 4.74 Å². The van der Waals surface area contributed by atoms with Gasteiger partial charge >= 0.3 is 5.97 Å². The third kappa shape index (κ3) is 4.72. The molecule has 1 amide bonds. The highest BCUT2D eigenvalue weighted by Gasteiger charge is 2.34. The van der Waals surface area contributed by atoms with Gasteiger partial charge in [0, 0.05) is 31.2 Å². The molecule has 33 heavy (non-hydrogen) atoms. The summed E-state index contributed by atoms with van der Waals surface area (Å²) in [4.78, 5) is 29.5. The number of aromatic nitrogens is 2. The van der Waals surface area contributed by atoms with Crippen molar-refractivity contribution in [1.29, 1.82) is 0 Å². The maximum Gasteiger partial charge on any atom is 0.327 e. The van der Waals surface area contributed by atoms with Gasteiger partial charge in [0.2, 0.25) is 0 Å². The molecule has 0 aliphatic carbocycles. The molecular weight excluding hydrogens is 444 g/mol. The number of hydrogen-bond acceptors (Lipinski definition) is 6. The summed E-state index contributed by atoms with van der Waals surface area (Å²) in [6.45, 7) is 1.83. The first kappa shape index (κ1) is 22.8. The van der Waals surface area contributed by atoms with Crippen molar-refractivity contribution in [3.63, 3.8) is 0 Å². The average molecular weight is 469 g/mol. The number of esters is 1. The van der Waals surface area contributed by atoms with Crippen LogP contribution in [0.25, 0.3) is 5.69 Å². The van der Waals surface area contributed by atoms with Gasteiger partial charge in [0.05, 0.1) is 26.1 Å². The lowest BCUT2D eigenvalue weighted by atomic mass is 10.0. The number of benzene rings is 2. The lowest BCUT2D eigenvalue weighted by Crippen LogP contribution is -2.51. The van der Waals surface area contributed by atoms with Gasteiger partial charge in [-0.25, -0.2) is 9.48 Å². The van der Waals surface area contributed by atoms with Crippen LogP contribution >= 0.6 is 11.6 Å². The van der Waals surface area contributed by atoms with Gasteiger partial charge in [-0.1, -0.05) is 48.0 Å². The van der Waals surface area contributed by atoms with Gasteiger partial charge in [0.25, 0.3) is 5.91 Å². The number of carbonyl (C=O) groups excluding carboxylic acids is 2. The second-order valence-corrected chi connectivity index (χ2v) is 8.01. The zero-order valence-corrected chi connectivity index (χ0v) is 19.2. The van der Waals surface area contributed by atoms with E-state index in [2.05, 4.69) is 5.10 Å². The molecule has 8 nitrogen and oxygen atoms in total. The third-order valence-electron chi connectivity index (χ3n) is 5.71. The van der Waals surface area contributed by atoms with Crippen LogP contribution in [0.4, 0.5) is 0 Å². The molecule has 172 valence electrons. The Balaban J connectivity index is 1.50. The molecule has 0 saturated carbocycles. The molecule has 1 fully saturated rings. The van der Waals surface area contributed by atoms with Crippen molar-refractivity contribution in [3.05, 3.63) is 77.1 Å². The van der Waals surface area contributed by atoms with Crippen LogP contribution in [0.5, 0.6) is 5.75 Å². The Hall–Kier alpha value is -3.36.